The summed E-state index contributed by atoms with van der Waals surface area (Å²) in [6.07, 6.45) is 0. The Bertz CT molecular complexity index is 400. The smallest absolute Gasteiger partial charge is 0.239 e. The summed E-state index contributed by atoms with van der Waals surface area (Å²) >= 11 is 0. The number of anilines is 1. The molecule has 1 heterocycles. The number of hydrogen-bond acceptors (Lipinski definition) is 2. The van der Waals surface area contributed by atoms with Crippen LogP contribution < -0.4 is 10.2 Å². The summed E-state index contributed by atoms with van der Waals surface area (Å²) < 4.78 is 12.8. The fourth-order valence-corrected chi connectivity index (χ4v) is 1.89. The van der Waals surface area contributed by atoms with Gasteiger partial charge in [-0.3, -0.25) is 4.79 Å². The van der Waals surface area contributed by atoms with E-state index in [1.165, 1.54) is 12.1 Å². The number of hydrogen-bond donors (Lipinski definition) is 1. The van der Waals surface area contributed by atoms with Crippen molar-refractivity contribution < 1.29 is 9.18 Å². The van der Waals surface area contributed by atoms with E-state index in [4.69, 9.17) is 0 Å². The third kappa shape index (κ3) is 2.01. The van der Waals surface area contributed by atoms with Crippen LogP contribution in [-0.4, -0.2) is 24.5 Å². The first-order valence-electron chi connectivity index (χ1n) is 5.29. The first-order chi connectivity index (χ1) is 7.49. The van der Waals surface area contributed by atoms with Crippen LogP contribution in [0.1, 0.15) is 13.8 Å². The van der Waals surface area contributed by atoms with Crippen molar-refractivity contribution in [2.75, 3.05) is 18.0 Å². The van der Waals surface area contributed by atoms with E-state index in [2.05, 4.69) is 19.2 Å². The standard InChI is InChI=1S/C12H15FN2O/c1-12(2)8-14-11(16)7-15(12)10-5-3-9(13)4-6-10/h3-6H,7-8H2,1-2H3,(H,14,16). The van der Waals surface area contributed by atoms with Crippen LogP contribution in [0.5, 0.6) is 0 Å². The van der Waals surface area contributed by atoms with Gasteiger partial charge in [0, 0.05) is 12.2 Å². The van der Waals surface area contributed by atoms with E-state index in [9.17, 15) is 9.18 Å². The number of amides is 1. The van der Waals surface area contributed by atoms with Crippen molar-refractivity contribution in [2.24, 2.45) is 0 Å². The van der Waals surface area contributed by atoms with Crippen LogP contribution in [0.2, 0.25) is 0 Å². The maximum Gasteiger partial charge on any atom is 0.239 e. The predicted molar refractivity (Wildman–Crippen MR) is 60.8 cm³/mol. The van der Waals surface area contributed by atoms with E-state index < -0.39 is 0 Å². The first kappa shape index (κ1) is 10.9. The SMILES string of the molecule is CC1(C)CNC(=O)CN1c1ccc(F)cc1. The Labute approximate surface area is 94.3 Å². The number of carbonyl (C=O) groups is 1. The zero-order valence-corrected chi connectivity index (χ0v) is 9.46. The number of benzene rings is 1. The Morgan fingerprint density at radius 3 is 2.56 bits per heavy atom. The second kappa shape index (κ2) is 3.77. The maximum absolute atomic E-state index is 12.8. The van der Waals surface area contributed by atoms with Crippen LogP contribution in [0.4, 0.5) is 10.1 Å². The molecule has 0 spiro atoms. The third-order valence-electron chi connectivity index (χ3n) is 2.89. The molecule has 4 heteroatoms. The van der Waals surface area contributed by atoms with Crippen LogP contribution in [0.25, 0.3) is 0 Å². The second-order valence-electron chi connectivity index (χ2n) is 4.65. The summed E-state index contributed by atoms with van der Waals surface area (Å²) in [5.74, 6) is -0.258. The van der Waals surface area contributed by atoms with Gasteiger partial charge in [-0.1, -0.05) is 0 Å². The minimum atomic E-state index is -0.261. The van der Waals surface area contributed by atoms with Crippen molar-refractivity contribution in [1.82, 2.24) is 5.32 Å². The Kier molecular flexibility index (Phi) is 2.58. The van der Waals surface area contributed by atoms with Gasteiger partial charge < -0.3 is 10.2 Å². The lowest BCUT2D eigenvalue weighted by molar-refractivity contribution is -0.121. The van der Waals surface area contributed by atoms with E-state index in [1.54, 1.807) is 12.1 Å². The van der Waals surface area contributed by atoms with Crippen LogP contribution in [-0.2, 0) is 4.79 Å². The zero-order valence-electron chi connectivity index (χ0n) is 9.46. The molecule has 0 saturated carbocycles. The molecule has 1 amide bonds. The number of halogens is 1. The molecule has 0 aromatic heterocycles. The summed E-state index contributed by atoms with van der Waals surface area (Å²) in [6.45, 7) is 5.02. The lowest BCUT2D eigenvalue weighted by Gasteiger charge is -2.43. The highest BCUT2D eigenvalue weighted by Gasteiger charge is 2.33. The monoisotopic (exact) mass is 222 g/mol. The average molecular weight is 222 g/mol. The van der Waals surface area contributed by atoms with Crippen molar-refractivity contribution in [1.29, 1.82) is 0 Å². The van der Waals surface area contributed by atoms with Gasteiger partial charge in [-0.15, -0.1) is 0 Å². The van der Waals surface area contributed by atoms with Gasteiger partial charge in [0.2, 0.25) is 5.91 Å². The molecule has 1 aliphatic heterocycles. The number of nitrogens with zero attached hydrogens (tertiary/aromatic N) is 1. The van der Waals surface area contributed by atoms with Gasteiger partial charge in [0.05, 0.1) is 12.1 Å². The van der Waals surface area contributed by atoms with Crippen molar-refractivity contribution in [3.8, 4) is 0 Å². The number of carbonyl (C=O) groups excluding carboxylic acids is 1. The number of nitrogens with one attached hydrogen (secondary N) is 1. The molecule has 1 aromatic rings. The fourth-order valence-electron chi connectivity index (χ4n) is 1.89. The van der Waals surface area contributed by atoms with Crippen LogP contribution >= 0.6 is 0 Å². The van der Waals surface area contributed by atoms with Crippen LogP contribution in [0.15, 0.2) is 24.3 Å². The van der Waals surface area contributed by atoms with Gasteiger partial charge in [-0.05, 0) is 38.1 Å². The highest BCUT2D eigenvalue weighted by Crippen LogP contribution is 2.25. The molecule has 0 aliphatic carbocycles. The lowest BCUT2D eigenvalue weighted by Crippen LogP contribution is -2.60. The molecule has 16 heavy (non-hydrogen) atoms. The first-order valence-corrected chi connectivity index (χ1v) is 5.29. The predicted octanol–water partition coefficient (Wildman–Crippen LogP) is 1.54. The van der Waals surface area contributed by atoms with Gasteiger partial charge in [0.1, 0.15) is 5.82 Å². The molecule has 86 valence electrons. The Hall–Kier alpha value is -1.58. The van der Waals surface area contributed by atoms with E-state index >= 15 is 0 Å². The number of piperazine rings is 1. The van der Waals surface area contributed by atoms with E-state index in [0.29, 0.717) is 13.1 Å². The summed E-state index contributed by atoms with van der Waals surface area (Å²) in [7, 11) is 0. The summed E-state index contributed by atoms with van der Waals surface area (Å²) in [5, 5.41) is 2.83. The van der Waals surface area contributed by atoms with E-state index in [-0.39, 0.29) is 17.3 Å². The molecule has 2 rings (SSSR count). The zero-order chi connectivity index (χ0) is 11.8. The Morgan fingerprint density at radius 2 is 1.94 bits per heavy atom. The summed E-state index contributed by atoms with van der Waals surface area (Å²) in [6, 6.07) is 6.24. The van der Waals surface area contributed by atoms with Gasteiger partial charge in [-0.2, -0.15) is 0 Å². The minimum absolute atomic E-state index is 0.00338. The van der Waals surface area contributed by atoms with Gasteiger partial charge in [-0.25, -0.2) is 4.39 Å². The largest absolute Gasteiger partial charge is 0.355 e. The molecule has 1 aromatic carbocycles. The molecule has 0 radical (unpaired) electrons. The molecule has 3 nitrogen and oxygen atoms in total. The van der Waals surface area contributed by atoms with Gasteiger partial charge in [0.15, 0.2) is 0 Å². The molecule has 1 fully saturated rings. The molecule has 1 saturated heterocycles. The molecule has 1 aliphatic rings. The van der Waals surface area contributed by atoms with Crippen molar-refractivity contribution >= 4 is 11.6 Å². The quantitative estimate of drug-likeness (QED) is 0.781. The van der Waals surface area contributed by atoms with Crippen LogP contribution in [0.3, 0.4) is 0 Å². The summed E-state index contributed by atoms with van der Waals surface area (Å²) in [4.78, 5) is 13.4. The summed E-state index contributed by atoms with van der Waals surface area (Å²) in [5.41, 5.74) is 0.729. The van der Waals surface area contributed by atoms with Gasteiger partial charge >= 0.3 is 0 Å². The van der Waals surface area contributed by atoms with Crippen molar-refractivity contribution in [2.45, 2.75) is 19.4 Å². The van der Waals surface area contributed by atoms with Crippen LogP contribution in [0, 0.1) is 5.82 Å². The van der Waals surface area contributed by atoms with E-state index in [1.807, 2.05) is 4.90 Å². The molecule has 1 N–H and O–H groups in total. The Morgan fingerprint density at radius 1 is 1.31 bits per heavy atom. The topological polar surface area (TPSA) is 32.3 Å². The average Bonchev–Trinajstić information content (AvgIpc) is 2.23. The molecular weight excluding hydrogens is 207 g/mol. The maximum atomic E-state index is 12.8. The Balaban J connectivity index is 2.30. The molecule has 0 bridgehead atoms. The minimum Gasteiger partial charge on any atom is -0.355 e. The van der Waals surface area contributed by atoms with Gasteiger partial charge in [0.25, 0.3) is 0 Å². The molecule has 0 atom stereocenters. The third-order valence-corrected chi connectivity index (χ3v) is 2.89. The normalized spacial score (nSPS) is 19.4. The highest BCUT2D eigenvalue weighted by molar-refractivity contribution is 5.83. The molecule has 0 unspecified atom stereocenters. The van der Waals surface area contributed by atoms with Crippen molar-refractivity contribution in [3.63, 3.8) is 0 Å². The highest BCUT2D eigenvalue weighted by atomic mass is 19.1. The molecular formula is C12H15FN2O. The van der Waals surface area contributed by atoms with Crippen molar-refractivity contribution in [3.05, 3.63) is 30.1 Å². The fraction of sp³-hybridized carbons (Fsp3) is 0.417. The lowest BCUT2D eigenvalue weighted by atomic mass is 9.99. The second-order valence-corrected chi connectivity index (χ2v) is 4.65. The van der Waals surface area contributed by atoms with E-state index in [0.717, 1.165) is 5.69 Å². The number of rotatable bonds is 1.